The summed E-state index contributed by atoms with van der Waals surface area (Å²) in [6, 6.07) is 9.01. The molecule has 0 bridgehead atoms. The minimum atomic E-state index is 0.0668. The number of nitrogens with zero attached hydrogens (tertiary/aromatic N) is 3. The standard InChI is InChI=1S/C21H34N4O/c1-17-6-5-7-19(16-17)24-14-12-23(13-15-24)11-9-21(26)25-10-4-3-8-20(25)18(2)22/h5-7,16,18,20H,3-4,8-15,22H2,1-2H3. The molecule has 1 amide bonds. The fourth-order valence-electron chi connectivity index (χ4n) is 4.27. The third kappa shape index (κ3) is 4.77. The van der Waals surface area contributed by atoms with Crippen molar-refractivity contribution in [2.24, 2.45) is 5.73 Å². The highest BCUT2D eigenvalue weighted by Gasteiger charge is 2.29. The summed E-state index contributed by atoms with van der Waals surface area (Å²) in [5.74, 6) is 0.285. The molecule has 2 saturated heterocycles. The Morgan fingerprint density at radius 3 is 2.65 bits per heavy atom. The molecule has 2 aliphatic rings. The molecule has 1 aromatic rings. The number of carbonyl (C=O) groups excluding carboxylic acids is 1. The maximum absolute atomic E-state index is 12.7. The van der Waals surface area contributed by atoms with E-state index in [0.29, 0.717) is 6.42 Å². The smallest absolute Gasteiger partial charge is 0.224 e. The molecule has 144 valence electrons. The second-order valence-electron chi connectivity index (χ2n) is 7.93. The Balaban J connectivity index is 1.45. The van der Waals surface area contributed by atoms with Gasteiger partial charge in [-0.15, -0.1) is 0 Å². The summed E-state index contributed by atoms with van der Waals surface area (Å²) < 4.78 is 0. The van der Waals surface area contributed by atoms with E-state index in [1.165, 1.54) is 17.7 Å². The molecule has 2 unspecified atom stereocenters. The summed E-state index contributed by atoms with van der Waals surface area (Å²) in [6.07, 6.45) is 3.98. The van der Waals surface area contributed by atoms with Crippen molar-refractivity contribution in [3.8, 4) is 0 Å². The first kappa shape index (κ1) is 19.2. The lowest BCUT2D eigenvalue weighted by Gasteiger charge is -2.39. The predicted molar refractivity (Wildman–Crippen MR) is 107 cm³/mol. The van der Waals surface area contributed by atoms with Crippen molar-refractivity contribution in [1.82, 2.24) is 9.80 Å². The Labute approximate surface area is 158 Å². The van der Waals surface area contributed by atoms with Crippen LogP contribution in [-0.2, 0) is 4.79 Å². The Kier molecular flexibility index (Phi) is 6.54. The minimum absolute atomic E-state index is 0.0668. The number of benzene rings is 1. The van der Waals surface area contributed by atoms with Crippen molar-refractivity contribution in [1.29, 1.82) is 0 Å². The fraction of sp³-hybridized carbons (Fsp3) is 0.667. The Bertz CT molecular complexity index is 595. The van der Waals surface area contributed by atoms with Crippen LogP contribution in [0.1, 0.15) is 38.2 Å². The number of likely N-dealkylation sites (tertiary alicyclic amines) is 1. The number of amides is 1. The molecule has 3 rings (SSSR count). The van der Waals surface area contributed by atoms with Gasteiger partial charge in [0.2, 0.25) is 5.91 Å². The second kappa shape index (κ2) is 8.87. The highest BCUT2D eigenvalue weighted by atomic mass is 16.2. The summed E-state index contributed by atoms with van der Waals surface area (Å²) >= 11 is 0. The molecule has 0 spiro atoms. The molecule has 2 heterocycles. The minimum Gasteiger partial charge on any atom is -0.369 e. The van der Waals surface area contributed by atoms with E-state index >= 15 is 0 Å². The molecule has 2 aliphatic heterocycles. The maximum Gasteiger partial charge on any atom is 0.224 e. The largest absolute Gasteiger partial charge is 0.369 e. The monoisotopic (exact) mass is 358 g/mol. The van der Waals surface area contributed by atoms with Crippen LogP contribution in [0.3, 0.4) is 0 Å². The number of carbonyl (C=O) groups is 1. The zero-order valence-corrected chi connectivity index (χ0v) is 16.4. The van der Waals surface area contributed by atoms with Gasteiger partial charge in [0.15, 0.2) is 0 Å². The van der Waals surface area contributed by atoms with Crippen LogP contribution in [0.2, 0.25) is 0 Å². The lowest BCUT2D eigenvalue weighted by atomic mass is 9.96. The second-order valence-corrected chi connectivity index (χ2v) is 7.93. The number of hydrogen-bond donors (Lipinski definition) is 1. The molecular formula is C21H34N4O. The lowest BCUT2D eigenvalue weighted by Crippen LogP contribution is -2.52. The number of nitrogens with two attached hydrogens (primary N) is 1. The normalized spacial score (nSPS) is 23.1. The van der Waals surface area contributed by atoms with Gasteiger partial charge in [0.25, 0.3) is 0 Å². The molecule has 0 radical (unpaired) electrons. The summed E-state index contributed by atoms with van der Waals surface area (Å²) in [7, 11) is 0. The van der Waals surface area contributed by atoms with Crippen LogP contribution in [0.5, 0.6) is 0 Å². The van der Waals surface area contributed by atoms with Crippen molar-refractivity contribution in [3.05, 3.63) is 29.8 Å². The third-order valence-corrected chi connectivity index (χ3v) is 5.86. The van der Waals surface area contributed by atoms with Crippen molar-refractivity contribution >= 4 is 11.6 Å². The molecule has 2 N–H and O–H groups in total. The first-order valence-corrected chi connectivity index (χ1v) is 10.1. The van der Waals surface area contributed by atoms with Gasteiger partial charge in [0.05, 0.1) is 0 Å². The van der Waals surface area contributed by atoms with E-state index in [1.54, 1.807) is 0 Å². The van der Waals surface area contributed by atoms with Crippen molar-refractivity contribution in [2.75, 3.05) is 44.2 Å². The van der Waals surface area contributed by atoms with Crippen LogP contribution in [0.15, 0.2) is 24.3 Å². The van der Waals surface area contributed by atoms with Gasteiger partial charge in [-0.1, -0.05) is 12.1 Å². The van der Waals surface area contributed by atoms with E-state index in [1.807, 2.05) is 6.92 Å². The predicted octanol–water partition coefficient (Wildman–Crippen LogP) is 2.24. The van der Waals surface area contributed by atoms with Gasteiger partial charge >= 0.3 is 0 Å². The molecular weight excluding hydrogens is 324 g/mol. The topological polar surface area (TPSA) is 52.8 Å². The molecule has 0 aliphatic carbocycles. The number of piperidine rings is 1. The molecule has 2 atom stereocenters. The third-order valence-electron chi connectivity index (χ3n) is 5.86. The van der Waals surface area contributed by atoms with Crippen LogP contribution in [-0.4, -0.2) is 67.1 Å². The number of rotatable bonds is 5. The molecule has 5 heteroatoms. The van der Waals surface area contributed by atoms with Crippen LogP contribution in [0.4, 0.5) is 5.69 Å². The van der Waals surface area contributed by atoms with Crippen LogP contribution in [0, 0.1) is 6.92 Å². The number of hydrogen-bond acceptors (Lipinski definition) is 4. The number of aryl methyl sites for hydroxylation is 1. The van der Waals surface area contributed by atoms with E-state index in [2.05, 4.69) is 45.9 Å². The molecule has 0 saturated carbocycles. The molecule has 0 aromatic heterocycles. The van der Waals surface area contributed by atoms with E-state index in [-0.39, 0.29) is 18.0 Å². The van der Waals surface area contributed by atoms with Crippen molar-refractivity contribution < 1.29 is 4.79 Å². The summed E-state index contributed by atoms with van der Waals surface area (Å²) in [4.78, 5) is 19.6. The molecule has 2 fully saturated rings. The highest BCUT2D eigenvalue weighted by Crippen LogP contribution is 2.21. The van der Waals surface area contributed by atoms with Gasteiger partial charge in [0.1, 0.15) is 0 Å². The average molecular weight is 359 g/mol. The quantitative estimate of drug-likeness (QED) is 0.877. The zero-order chi connectivity index (χ0) is 18.5. The number of piperazine rings is 1. The first-order valence-electron chi connectivity index (χ1n) is 10.1. The van der Waals surface area contributed by atoms with Crippen molar-refractivity contribution in [3.63, 3.8) is 0 Å². The van der Waals surface area contributed by atoms with Crippen LogP contribution in [0.25, 0.3) is 0 Å². The Morgan fingerprint density at radius 1 is 1.19 bits per heavy atom. The summed E-state index contributed by atoms with van der Waals surface area (Å²) in [6.45, 7) is 10.0. The van der Waals surface area contributed by atoms with Crippen LogP contribution >= 0.6 is 0 Å². The summed E-state index contributed by atoms with van der Waals surface area (Å²) in [5, 5.41) is 0. The first-order chi connectivity index (χ1) is 12.5. The van der Waals surface area contributed by atoms with Crippen molar-refractivity contribution in [2.45, 2.75) is 51.6 Å². The van der Waals surface area contributed by atoms with E-state index in [0.717, 1.165) is 52.1 Å². The summed E-state index contributed by atoms with van der Waals surface area (Å²) in [5.41, 5.74) is 8.73. The van der Waals surface area contributed by atoms with E-state index in [9.17, 15) is 4.79 Å². The van der Waals surface area contributed by atoms with Gasteiger partial charge in [-0.05, 0) is 50.8 Å². The van der Waals surface area contributed by atoms with Gasteiger partial charge in [0, 0.05) is 63.5 Å². The maximum atomic E-state index is 12.7. The van der Waals surface area contributed by atoms with Gasteiger partial charge in [-0.2, -0.15) is 0 Å². The lowest BCUT2D eigenvalue weighted by molar-refractivity contribution is -0.135. The highest BCUT2D eigenvalue weighted by molar-refractivity contribution is 5.77. The fourth-order valence-corrected chi connectivity index (χ4v) is 4.27. The van der Waals surface area contributed by atoms with Crippen LogP contribution < -0.4 is 10.6 Å². The van der Waals surface area contributed by atoms with E-state index < -0.39 is 0 Å². The molecule has 5 nitrogen and oxygen atoms in total. The average Bonchev–Trinajstić information content (AvgIpc) is 2.66. The van der Waals surface area contributed by atoms with Gasteiger partial charge in [-0.25, -0.2) is 0 Å². The van der Waals surface area contributed by atoms with Gasteiger partial charge in [-0.3, -0.25) is 9.69 Å². The number of anilines is 1. The molecule has 1 aromatic carbocycles. The Hall–Kier alpha value is -1.59. The van der Waals surface area contributed by atoms with Gasteiger partial charge < -0.3 is 15.5 Å². The Morgan fingerprint density at radius 2 is 1.96 bits per heavy atom. The van der Waals surface area contributed by atoms with E-state index in [4.69, 9.17) is 5.73 Å². The SMILES string of the molecule is Cc1cccc(N2CCN(CCC(=O)N3CCCCC3C(C)N)CC2)c1. The zero-order valence-electron chi connectivity index (χ0n) is 16.4. The molecule has 26 heavy (non-hydrogen) atoms.